The van der Waals surface area contributed by atoms with Crippen LogP contribution in [0, 0.1) is 0 Å². The van der Waals surface area contributed by atoms with E-state index >= 15 is 0 Å². The summed E-state index contributed by atoms with van der Waals surface area (Å²) < 4.78 is 5.29. The summed E-state index contributed by atoms with van der Waals surface area (Å²) in [5.41, 5.74) is 5.77. The first-order valence-electron chi connectivity index (χ1n) is 11.2. The number of hydrogen-bond acceptors (Lipinski definition) is 5. The Labute approximate surface area is 214 Å². The molecular formula is C28H29NO4S2. The van der Waals surface area contributed by atoms with Gasteiger partial charge in [0.15, 0.2) is 0 Å². The molecular weight excluding hydrogens is 478 g/mol. The summed E-state index contributed by atoms with van der Waals surface area (Å²) in [6, 6.07) is 25.4. The predicted molar refractivity (Wildman–Crippen MR) is 144 cm³/mol. The highest BCUT2D eigenvalue weighted by Crippen LogP contribution is 2.38. The summed E-state index contributed by atoms with van der Waals surface area (Å²) in [5, 5.41) is 15.7. The van der Waals surface area contributed by atoms with Crippen LogP contribution >= 0.6 is 23.1 Å². The molecule has 1 aliphatic rings. The Morgan fingerprint density at radius 3 is 2.37 bits per heavy atom. The van der Waals surface area contributed by atoms with Gasteiger partial charge in [0.2, 0.25) is 0 Å². The Morgan fingerprint density at radius 2 is 1.66 bits per heavy atom. The van der Waals surface area contributed by atoms with Crippen molar-refractivity contribution in [1.29, 1.82) is 0 Å². The van der Waals surface area contributed by atoms with Crippen LogP contribution < -0.4 is 5.32 Å². The van der Waals surface area contributed by atoms with Crippen molar-refractivity contribution in [2.75, 3.05) is 12.0 Å². The lowest BCUT2D eigenvalue weighted by Gasteiger charge is -2.15. The molecule has 1 aliphatic carbocycles. The van der Waals surface area contributed by atoms with Crippen LogP contribution in [0.15, 0.2) is 89.6 Å². The lowest BCUT2D eigenvalue weighted by molar-refractivity contribution is -0.139. The highest BCUT2D eigenvalue weighted by molar-refractivity contribution is 7.98. The molecule has 0 radical (unpaired) electrons. The van der Waals surface area contributed by atoms with Crippen molar-refractivity contribution >= 4 is 35.2 Å². The number of alkyl carbamates (subject to hydrolysis) is 1. The summed E-state index contributed by atoms with van der Waals surface area (Å²) in [6.45, 7) is 0.123. The van der Waals surface area contributed by atoms with E-state index in [1.54, 1.807) is 11.3 Å². The smallest absolute Gasteiger partial charge is 0.408 e. The molecule has 0 aliphatic heterocycles. The fourth-order valence-electron chi connectivity index (χ4n) is 3.66. The average molecular weight is 508 g/mol. The molecule has 3 aromatic rings. The molecule has 0 saturated carbocycles. The number of benzene rings is 2. The zero-order chi connectivity index (χ0) is 24.9. The van der Waals surface area contributed by atoms with Crippen LogP contribution in [-0.4, -0.2) is 35.2 Å². The molecule has 1 heterocycles. The molecule has 5 nitrogen and oxygen atoms in total. The Bertz CT molecular complexity index is 1100. The van der Waals surface area contributed by atoms with E-state index in [0.29, 0.717) is 12.2 Å². The number of aliphatic carboxylic acids is 1. The van der Waals surface area contributed by atoms with Gasteiger partial charge in [-0.15, -0.1) is 0 Å². The first-order chi connectivity index (χ1) is 17.1. The third kappa shape index (κ3) is 8.16. The quantitative estimate of drug-likeness (QED) is 0.296. The van der Waals surface area contributed by atoms with E-state index in [9.17, 15) is 14.7 Å². The molecule has 7 heteroatoms. The van der Waals surface area contributed by atoms with E-state index in [2.05, 4.69) is 23.5 Å². The predicted octanol–water partition coefficient (Wildman–Crippen LogP) is 6.56. The standard InChI is InChI=1S/C20H21NO4S.C8H8S/c1-26-10-9-18(19(22)23)21-20(24)25-12-14-6-4-8-16-15-7-3-2-5-13(15)11-17(14)16;1-2-4-6-8-9-7-5-3-1/h2-8,18H,9-12H2,1H3,(H,21,24)(H,22,23);1-8H/t18-;/m1./s1. The second-order valence-corrected chi connectivity index (χ2v) is 9.53. The van der Waals surface area contributed by atoms with Crippen LogP contribution in [0.3, 0.4) is 0 Å². The van der Waals surface area contributed by atoms with Crippen molar-refractivity contribution in [2.24, 2.45) is 0 Å². The largest absolute Gasteiger partial charge is 0.480 e. The lowest BCUT2D eigenvalue weighted by Crippen LogP contribution is -2.41. The Morgan fingerprint density at radius 1 is 0.971 bits per heavy atom. The topological polar surface area (TPSA) is 75.6 Å². The minimum atomic E-state index is -1.05. The van der Waals surface area contributed by atoms with E-state index in [-0.39, 0.29) is 6.61 Å². The maximum absolute atomic E-state index is 12.0. The van der Waals surface area contributed by atoms with E-state index < -0.39 is 18.1 Å². The highest BCUT2D eigenvalue weighted by atomic mass is 32.2. The maximum Gasteiger partial charge on any atom is 0.408 e. The third-order valence-electron chi connectivity index (χ3n) is 5.38. The molecule has 182 valence electrons. The van der Waals surface area contributed by atoms with Crippen molar-refractivity contribution in [3.63, 3.8) is 0 Å². The molecule has 2 N–H and O–H groups in total. The van der Waals surface area contributed by atoms with Gasteiger partial charge < -0.3 is 15.2 Å². The van der Waals surface area contributed by atoms with Crippen LogP contribution in [0.4, 0.5) is 4.79 Å². The molecule has 0 bridgehead atoms. The van der Waals surface area contributed by atoms with E-state index in [0.717, 1.165) is 12.0 Å². The number of carboxylic acids is 1. The number of amides is 1. The number of ether oxygens (including phenoxy) is 1. The molecule has 0 unspecified atom stereocenters. The number of hydrogen-bond donors (Lipinski definition) is 2. The Kier molecular flexibility index (Phi) is 10.7. The molecule has 0 spiro atoms. The van der Waals surface area contributed by atoms with Gasteiger partial charge in [0, 0.05) is 0 Å². The van der Waals surface area contributed by atoms with E-state index in [4.69, 9.17) is 4.74 Å². The van der Waals surface area contributed by atoms with Gasteiger partial charge >= 0.3 is 12.1 Å². The van der Waals surface area contributed by atoms with Gasteiger partial charge in [0.25, 0.3) is 0 Å². The average Bonchev–Trinajstić information content (AvgIpc) is 3.31. The normalized spacial score (nSPS) is 11.6. The molecule has 2 aromatic carbocycles. The monoisotopic (exact) mass is 507 g/mol. The van der Waals surface area contributed by atoms with Crippen molar-refractivity contribution in [1.82, 2.24) is 5.32 Å². The second kappa shape index (κ2) is 14.2. The zero-order valence-electron chi connectivity index (χ0n) is 19.6. The van der Waals surface area contributed by atoms with Gasteiger partial charge in [-0.05, 0) is 63.4 Å². The lowest BCUT2D eigenvalue weighted by atomic mass is 10.0. The van der Waals surface area contributed by atoms with Crippen LogP contribution in [0.1, 0.15) is 23.1 Å². The second-order valence-electron chi connectivity index (χ2n) is 7.73. The van der Waals surface area contributed by atoms with E-state index in [1.165, 1.54) is 34.0 Å². The van der Waals surface area contributed by atoms with Gasteiger partial charge in [-0.2, -0.15) is 23.1 Å². The van der Waals surface area contributed by atoms with Gasteiger partial charge in [-0.25, -0.2) is 9.59 Å². The third-order valence-corrected chi connectivity index (χ3v) is 6.65. The Hall–Kier alpha value is -3.29. The van der Waals surface area contributed by atoms with Gasteiger partial charge in [0.1, 0.15) is 12.6 Å². The van der Waals surface area contributed by atoms with Gasteiger partial charge in [-0.1, -0.05) is 78.9 Å². The fourth-order valence-corrected chi connectivity index (χ4v) is 4.59. The van der Waals surface area contributed by atoms with Crippen molar-refractivity contribution in [3.8, 4) is 11.1 Å². The first kappa shape index (κ1) is 26.3. The number of fused-ring (bicyclic) bond motifs is 3. The number of carbonyl (C=O) groups excluding carboxylic acids is 1. The summed E-state index contributed by atoms with van der Waals surface area (Å²) in [7, 11) is 0. The number of carboxylic acid groups (broad SMARTS) is 1. The number of rotatable bonds is 7. The Balaban J connectivity index is 0.000000320. The summed E-state index contributed by atoms with van der Waals surface area (Å²) in [6.07, 6.45) is 2.37. The van der Waals surface area contributed by atoms with Crippen molar-refractivity contribution in [2.45, 2.75) is 25.5 Å². The van der Waals surface area contributed by atoms with Crippen LogP contribution in [-0.2, 0) is 22.6 Å². The molecule has 1 atom stereocenters. The summed E-state index contributed by atoms with van der Waals surface area (Å²) in [4.78, 5) is 23.2. The number of nitrogens with one attached hydrogen (secondary N) is 1. The number of thioether (sulfide) groups is 1. The fraction of sp³-hybridized carbons (Fsp3) is 0.214. The SMILES string of the molecule is CSCC[C@@H](NC(=O)OCc1cccc2c1Cc1ccccc1-2)C(=O)O.c1ccccsccc1. The summed E-state index contributed by atoms with van der Waals surface area (Å²) >= 11 is 3.22. The van der Waals surface area contributed by atoms with E-state index in [1.807, 2.05) is 77.7 Å². The van der Waals surface area contributed by atoms with Crippen LogP contribution in [0.25, 0.3) is 11.1 Å². The number of carbonyl (C=O) groups is 2. The maximum atomic E-state index is 12.0. The highest BCUT2D eigenvalue weighted by Gasteiger charge is 2.22. The van der Waals surface area contributed by atoms with Crippen LogP contribution in [0.2, 0.25) is 0 Å². The molecule has 4 rings (SSSR count). The van der Waals surface area contributed by atoms with Gasteiger partial charge in [-0.3, -0.25) is 0 Å². The molecule has 0 fully saturated rings. The molecule has 1 aromatic heterocycles. The molecule has 1 amide bonds. The van der Waals surface area contributed by atoms with Gasteiger partial charge in [0.05, 0.1) is 0 Å². The van der Waals surface area contributed by atoms with Crippen molar-refractivity contribution in [3.05, 3.63) is 106 Å². The van der Waals surface area contributed by atoms with Crippen LogP contribution in [0.5, 0.6) is 0 Å². The molecule has 35 heavy (non-hydrogen) atoms. The first-order valence-corrected chi connectivity index (χ1v) is 13.6. The van der Waals surface area contributed by atoms with Crippen molar-refractivity contribution < 1.29 is 19.4 Å². The summed E-state index contributed by atoms with van der Waals surface area (Å²) in [5.74, 6) is -0.395. The molecule has 0 saturated heterocycles. The minimum Gasteiger partial charge on any atom is -0.480 e. The minimum absolute atomic E-state index is 0.123. The zero-order valence-corrected chi connectivity index (χ0v) is 21.2.